The van der Waals surface area contributed by atoms with E-state index in [9.17, 15) is 4.79 Å². The zero-order valence-corrected chi connectivity index (χ0v) is 15.6. The monoisotopic (exact) mass is 386 g/mol. The fourth-order valence-electron chi connectivity index (χ4n) is 3.05. The number of rotatable bonds is 4. The van der Waals surface area contributed by atoms with Gasteiger partial charge in [-0.3, -0.25) is 4.79 Å². The molecular formula is C20H23BrN2O. The van der Waals surface area contributed by atoms with Crippen LogP contribution in [0, 0.1) is 6.92 Å². The topological polar surface area (TPSA) is 23.6 Å². The molecule has 0 aliphatic carbocycles. The number of hydrogen-bond acceptors (Lipinski definition) is 2. The van der Waals surface area contributed by atoms with Crippen LogP contribution in [-0.2, 0) is 11.2 Å². The molecular weight excluding hydrogens is 364 g/mol. The van der Waals surface area contributed by atoms with Crippen molar-refractivity contribution in [3.05, 3.63) is 64.1 Å². The average molecular weight is 387 g/mol. The van der Waals surface area contributed by atoms with Crippen LogP contribution in [0.5, 0.6) is 0 Å². The Morgan fingerprint density at radius 2 is 1.75 bits per heavy atom. The maximum atomic E-state index is 12.4. The van der Waals surface area contributed by atoms with Gasteiger partial charge >= 0.3 is 0 Å². The standard InChI is InChI=1S/C20H23BrN2O/c1-16-7-9-18(15-19(16)21)22-11-13-23(14-12-22)20(24)10-8-17-5-3-2-4-6-17/h2-7,9,15H,8,10-14H2,1H3. The minimum Gasteiger partial charge on any atom is -0.368 e. The number of aryl methyl sites for hydroxylation is 2. The van der Waals surface area contributed by atoms with Gasteiger partial charge in [0, 0.05) is 42.8 Å². The van der Waals surface area contributed by atoms with Crippen molar-refractivity contribution < 1.29 is 4.79 Å². The SMILES string of the molecule is Cc1ccc(N2CCN(C(=O)CCc3ccccc3)CC2)cc1Br. The molecule has 1 heterocycles. The van der Waals surface area contributed by atoms with Crippen molar-refractivity contribution in [2.24, 2.45) is 0 Å². The van der Waals surface area contributed by atoms with E-state index in [2.05, 4.69) is 58.1 Å². The van der Waals surface area contributed by atoms with Crippen molar-refractivity contribution >= 4 is 27.5 Å². The van der Waals surface area contributed by atoms with Crippen LogP contribution in [0.25, 0.3) is 0 Å². The molecule has 2 aromatic rings. The molecule has 1 aliphatic heterocycles. The van der Waals surface area contributed by atoms with Crippen molar-refractivity contribution in [1.82, 2.24) is 4.90 Å². The summed E-state index contributed by atoms with van der Waals surface area (Å²) in [4.78, 5) is 16.8. The summed E-state index contributed by atoms with van der Waals surface area (Å²) in [6.45, 7) is 5.49. The zero-order valence-electron chi connectivity index (χ0n) is 14.0. The number of nitrogens with zero attached hydrogens (tertiary/aromatic N) is 2. The smallest absolute Gasteiger partial charge is 0.223 e. The number of halogens is 1. The third kappa shape index (κ3) is 4.18. The van der Waals surface area contributed by atoms with Gasteiger partial charge in [-0.2, -0.15) is 0 Å². The van der Waals surface area contributed by atoms with Crippen LogP contribution < -0.4 is 4.90 Å². The molecule has 0 saturated carbocycles. The second-order valence-electron chi connectivity index (χ2n) is 6.29. The van der Waals surface area contributed by atoms with Gasteiger partial charge in [-0.1, -0.05) is 52.3 Å². The van der Waals surface area contributed by atoms with Gasteiger partial charge in [0.2, 0.25) is 5.91 Å². The number of carbonyl (C=O) groups is 1. The molecule has 0 radical (unpaired) electrons. The lowest BCUT2D eigenvalue weighted by molar-refractivity contribution is -0.131. The molecule has 1 saturated heterocycles. The van der Waals surface area contributed by atoms with E-state index in [-0.39, 0.29) is 5.91 Å². The summed E-state index contributed by atoms with van der Waals surface area (Å²) >= 11 is 3.60. The minimum absolute atomic E-state index is 0.267. The van der Waals surface area contributed by atoms with E-state index in [1.165, 1.54) is 16.8 Å². The predicted octanol–water partition coefficient (Wildman–Crippen LogP) is 4.04. The molecule has 126 valence electrons. The molecule has 1 fully saturated rings. The Labute approximate surface area is 152 Å². The van der Waals surface area contributed by atoms with Crippen LogP contribution in [0.4, 0.5) is 5.69 Å². The molecule has 0 spiro atoms. The van der Waals surface area contributed by atoms with E-state index >= 15 is 0 Å². The first-order valence-electron chi connectivity index (χ1n) is 8.46. The number of hydrogen-bond donors (Lipinski definition) is 0. The van der Waals surface area contributed by atoms with Crippen molar-refractivity contribution in [1.29, 1.82) is 0 Å². The molecule has 0 bridgehead atoms. The Hall–Kier alpha value is -1.81. The van der Waals surface area contributed by atoms with E-state index in [0.29, 0.717) is 6.42 Å². The molecule has 0 atom stereocenters. The Morgan fingerprint density at radius 1 is 1.04 bits per heavy atom. The van der Waals surface area contributed by atoms with Gasteiger partial charge in [0.05, 0.1) is 0 Å². The van der Waals surface area contributed by atoms with Gasteiger partial charge in [-0.05, 0) is 36.6 Å². The maximum Gasteiger partial charge on any atom is 0.223 e. The average Bonchev–Trinajstić information content (AvgIpc) is 2.63. The van der Waals surface area contributed by atoms with Crippen LogP contribution >= 0.6 is 15.9 Å². The summed E-state index contributed by atoms with van der Waals surface area (Å²) in [5.41, 5.74) is 3.70. The van der Waals surface area contributed by atoms with E-state index in [1.807, 2.05) is 23.1 Å². The molecule has 4 heteroatoms. The highest BCUT2D eigenvalue weighted by Crippen LogP contribution is 2.24. The van der Waals surface area contributed by atoms with Gasteiger partial charge in [0.15, 0.2) is 0 Å². The number of benzene rings is 2. The highest BCUT2D eigenvalue weighted by Gasteiger charge is 2.21. The van der Waals surface area contributed by atoms with Gasteiger partial charge < -0.3 is 9.80 Å². The first-order chi connectivity index (χ1) is 11.6. The molecule has 0 N–H and O–H groups in total. The second-order valence-corrected chi connectivity index (χ2v) is 7.14. The third-order valence-corrected chi connectivity index (χ3v) is 5.48. The maximum absolute atomic E-state index is 12.4. The van der Waals surface area contributed by atoms with E-state index < -0.39 is 0 Å². The van der Waals surface area contributed by atoms with Crippen LogP contribution in [0.1, 0.15) is 17.5 Å². The molecule has 3 rings (SSSR count). The van der Waals surface area contributed by atoms with E-state index in [0.717, 1.165) is 37.1 Å². The molecule has 0 aromatic heterocycles. The summed E-state index contributed by atoms with van der Waals surface area (Å²) < 4.78 is 1.14. The lowest BCUT2D eigenvalue weighted by Crippen LogP contribution is -2.48. The Bertz CT molecular complexity index is 694. The molecule has 2 aromatic carbocycles. The summed E-state index contributed by atoms with van der Waals surface area (Å²) in [6.07, 6.45) is 1.42. The first kappa shape index (κ1) is 17.0. The Balaban J connectivity index is 1.51. The second kappa shape index (κ2) is 7.84. The quantitative estimate of drug-likeness (QED) is 0.791. The third-order valence-electron chi connectivity index (χ3n) is 4.62. The predicted molar refractivity (Wildman–Crippen MR) is 102 cm³/mol. The van der Waals surface area contributed by atoms with Crippen molar-refractivity contribution in [3.8, 4) is 0 Å². The highest BCUT2D eigenvalue weighted by molar-refractivity contribution is 9.10. The molecule has 3 nitrogen and oxygen atoms in total. The van der Waals surface area contributed by atoms with Crippen LogP contribution in [-0.4, -0.2) is 37.0 Å². The normalized spacial score (nSPS) is 14.8. The van der Waals surface area contributed by atoms with E-state index in [1.54, 1.807) is 0 Å². The molecule has 24 heavy (non-hydrogen) atoms. The summed E-state index contributed by atoms with van der Waals surface area (Å²) in [5, 5.41) is 0. The van der Waals surface area contributed by atoms with E-state index in [4.69, 9.17) is 0 Å². The lowest BCUT2D eigenvalue weighted by Gasteiger charge is -2.36. The number of amides is 1. The number of carbonyl (C=O) groups excluding carboxylic acids is 1. The van der Waals surface area contributed by atoms with Gasteiger partial charge in [0.25, 0.3) is 0 Å². The minimum atomic E-state index is 0.267. The van der Waals surface area contributed by atoms with Crippen LogP contribution in [0.2, 0.25) is 0 Å². The summed E-state index contributed by atoms with van der Waals surface area (Å²) in [5.74, 6) is 0.267. The van der Waals surface area contributed by atoms with Gasteiger partial charge in [-0.25, -0.2) is 0 Å². The Morgan fingerprint density at radius 3 is 2.42 bits per heavy atom. The number of anilines is 1. The highest BCUT2D eigenvalue weighted by atomic mass is 79.9. The molecule has 1 aliphatic rings. The van der Waals surface area contributed by atoms with Crippen LogP contribution in [0.3, 0.4) is 0 Å². The van der Waals surface area contributed by atoms with Gasteiger partial charge in [-0.15, -0.1) is 0 Å². The summed E-state index contributed by atoms with van der Waals surface area (Å²) in [6, 6.07) is 16.7. The first-order valence-corrected chi connectivity index (χ1v) is 9.25. The molecule has 1 amide bonds. The fourth-order valence-corrected chi connectivity index (χ4v) is 3.41. The lowest BCUT2D eigenvalue weighted by atomic mass is 10.1. The van der Waals surface area contributed by atoms with Crippen molar-refractivity contribution in [3.63, 3.8) is 0 Å². The van der Waals surface area contributed by atoms with Crippen molar-refractivity contribution in [2.45, 2.75) is 19.8 Å². The Kier molecular flexibility index (Phi) is 5.56. The van der Waals surface area contributed by atoms with Crippen LogP contribution in [0.15, 0.2) is 53.0 Å². The molecule has 0 unspecified atom stereocenters. The zero-order chi connectivity index (χ0) is 16.9. The van der Waals surface area contributed by atoms with Crippen molar-refractivity contribution in [2.75, 3.05) is 31.1 Å². The van der Waals surface area contributed by atoms with Gasteiger partial charge in [0.1, 0.15) is 0 Å². The largest absolute Gasteiger partial charge is 0.368 e. The fraction of sp³-hybridized carbons (Fsp3) is 0.350. The summed E-state index contributed by atoms with van der Waals surface area (Å²) in [7, 11) is 0. The number of piperazine rings is 1.